The van der Waals surface area contributed by atoms with E-state index in [4.69, 9.17) is 0 Å². The zero-order chi connectivity index (χ0) is 30.8. The highest BCUT2D eigenvalue weighted by molar-refractivity contribution is 8.04. The van der Waals surface area contributed by atoms with Crippen LogP contribution in [-0.2, 0) is 9.59 Å². The predicted molar refractivity (Wildman–Crippen MR) is 170 cm³/mol. The minimum absolute atomic E-state index is 0.0568. The summed E-state index contributed by atoms with van der Waals surface area (Å²) in [5.74, 6) is -0.247. The fraction of sp³-hybridized carbons (Fsp3) is 0.500. The van der Waals surface area contributed by atoms with Crippen molar-refractivity contribution in [3.63, 3.8) is 0 Å². The Morgan fingerprint density at radius 3 is 2.52 bits per heavy atom. The van der Waals surface area contributed by atoms with Gasteiger partial charge in [0.2, 0.25) is 5.91 Å². The number of urea groups is 1. The van der Waals surface area contributed by atoms with Crippen LogP contribution in [0.25, 0.3) is 11.1 Å². The first-order chi connectivity index (χ1) is 19.7. The fourth-order valence-electron chi connectivity index (χ4n) is 5.26. The number of carbonyl (C=O) groups excluding carboxylic acids is 3. The third kappa shape index (κ3) is 6.98. The molecule has 0 spiro atoms. The number of nitrogens with one attached hydrogen (secondary N) is 2. The van der Waals surface area contributed by atoms with Crippen molar-refractivity contribution < 1.29 is 14.4 Å². The van der Waals surface area contributed by atoms with Crippen LogP contribution in [0.2, 0.25) is 0 Å². The lowest BCUT2D eigenvalue weighted by Crippen LogP contribution is -2.65. The standard InChI is InChI=1S/C32H44N6O3S/c1-21-11-12-23(18-24(21)22-10-9-13-33-20-22)34-30(41)35-27-25(19-26(42-27)31(2,3)4)28(39)38-17-16-37(15-14-36(7)8)29(40)32(38,5)6/h9-13,18,20,26H,14-17,19H2,1-8H3,(H2,34,35,41). The molecule has 4 amide bonds. The van der Waals surface area contributed by atoms with Crippen LogP contribution in [0, 0.1) is 12.3 Å². The predicted octanol–water partition coefficient (Wildman–Crippen LogP) is 4.95. The number of aryl methyl sites for hydroxylation is 1. The molecule has 42 heavy (non-hydrogen) atoms. The maximum Gasteiger partial charge on any atom is 0.324 e. The van der Waals surface area contributed by atoms with Gasteiger partial charge in [-0.3, -0.25) is 14.6 Å². The van der Waals surface area contributed by atoms with E-state index in [9.17, 15) is 14.4 Å². The average molecular weight is 593 g/mol. The van der Waals surface area contributed by atoms with Crippen molar-refractivity contribution in [3.8, 4) is 11.1 Å². The number of anilines is 1. The first kappa shape index (κ1) is 31.6. The summed E-state index contributed by atoms with van der Waals surface area (Å²) in [5, 5.41) is 6.58. The highest BCUT2D eigenvalue weighted by Gasteiger charge is 2.47. The quantitative estimate of drug-likeness (QED) is 0.472. The Morgan fingerprint density at radius 2 is 1.88 bits per heavy atom. The first-order valence-electron chi connectivity index (χ1n) is 14.4. The maximum absolute atomic E-state index is 14.1. The number of benzene rings is 1. The van der Waals surface area contributed by atoms with Crippen LogP contribution in [0.1, 0.15) is 46.6 Å². The molecule has 1 saturated heterocycles. The summed E-state index contributed by atoms with van der Waals surface area (Å²) in [6.07, 6.45) is 4.04. The van der Waals surface area contributed by atoms with Gasteiger partial charge in [0.25, 0.3) is 5.91 Å². The van der Waals surface area contributed by atoms with Gasteiger partial charge in [0, 0.05) is 60.6 Å². The third-order valence-electron chi connectivity index (χ3n) is 7.98. The van der Waals surface area contributed by atoms with E-state index >= 15 is 0 Å². The number of aromatic nitrogens is 1. The van der Waals surface area contributed by atoms with Crippen LogP contribution in [0.4, 0.5) is 10.5 Å². The summed E-state index contributed by atoms with van der Waals surface area (Å²) in [5.41, 5.74) is 3.13. The van der Waals surface area contributed by atoms with Gasteiger partial charge in [-0.25, -0.2) is 4.79 Å². The number of likely N-dealkylation sites (N-methyl/N-ethyl adjacent to an activating group) is 1. The van der Waals surface area contributed by atoms with Gasteiger partial charge in [0.1, 0.15) is 5.54 Å². The minimum atomic E-state index is -0.989. The molecule has 1 unspecified atom stereocenters. The Morgan fingerprint density at radius 1 is 1.14 bits per heavy atom. The van der Waals surface area contributed by atoms with Crippen molar-refractivity contribution in [3.05, 3.63) is 58.9 Å². The van der Waals surface area contributed by atoms with Crippen molar-refractivity contribution in [1.29, 1.82) is 0 Å². The highest BCUT2D eigenvalue weighted by Crippen LogP contribution is 2.46. The summed E-state index contributed by atoms with van der Waals surface area (Å²) in [7, 11) is 3.96. The topological polar surface area (TPSA) is 97.9 Å². The van der Waals surface area contributed by atoms with Gasteiger partial charge in [0.05, 0.1) is 5.03 Å². The van der Waals surface area contributed by atoms with Crippen molar-refractivity contribution in [2.75, 3.05) is 45.6 Å². The highest BCUT2D eigenvalue weighted by atomic mass is 32.2. The van der Waals surface area contributed by atoms with Crippen molar-refractivity contribution in [2.24, 2.45) is 5.41 Å². The number of amides is 4. The fourth-order valence-corrected chi connectivity index (χ4v) is 6.61. The SMILES string of the molecule is Cc1ccc(NC(=O)NC2=C(C(=O)N3CCN(CCN(C)C)C(=O)C3(C)C)CC(C(C)(C)C)S2)cc1-c1cccnc1. The van der Waals surface area contributed by atoms with Crippen LogP contribution >= 0.6 is 11.8 Å². The molecule has 1 fully saturated rings. The maximum atomic E-state index is 14.1. The molecular weight excluding hydrogens is 548 g/mol. The molecule has 0 radical (unpaired) electrons. The van der Waals surface area contributed by atoms with Gasteiger partial charge >= 0.3 is 6.03 Å². The minimum Gasteiger partial charge on any atom is -0.338 e. The average Bonchev–Trinajstić information content (AvgIpc) is 3.35. The molecule has 0 saturated carbocycles. The molecule has 3 heterocycles. The summed E-state index contributed by atoms with van der Waals surface area (Å²) >= 11 is 1.52. The molecule has 10 heteroatoms. The van der Waals surface area contributed by atoms with Crippen LogP contribution in [0.15, 0.2) is 53.3 Å². The molecule has 0 bridgehead atoms. The number of rotatable bonds is 7. The smallest absolute Gasteiger partial charge is 0.324 e. The van der Waals surface area contributed by atoms with E-state index in [0.29, 0.717) is 42.3 Å². The lowest BCUT2D eigenvalue weighted by molar-refractivity contribution is -0.156. The summed E-state index contributed by atoms with van der Waals surface area (Å²) in [6, 6.07) is 9.20. The normalized spacial score (nSPS) is 19.0. The Bertz CT molecular complexity index is 1370. The molecule has 2 aliphatic rings. The van der Waals surface area contributed by atoms with E-state index in [0.717, 1.165) is 23.2 Å². The molecule has 4 rings (SSSR count). The van der Waals surface area contributed by atoms with Gasteiger partial charge in [-0.2, -0.15) is 0 Å². The number of nitrogens with zero attached hydrogens (tertiary/aromatic N) is 4. The summed E-state index contributed by atoms with van der Waals surface area (Å²) < 4.78 is 0. The molecular formula is C32H44N6O3S. The molecule has 2 aliphatic heterocycles. The zero-order valence-electron chi connectivity index (χ0n) is 26.1. The van der Waals surface area contributed by atoms with Gasteiger partial charge in [-0.1, -0.05) is 32.9 Å². The van der Waals surface area contributed by atoms with Crippen molar-refractivity contribution in [2.45, 2.75) is 58.8 Å². The van der Waals surface area contributed by atoms with E-state index in [2.05, 4.69) is 36.4 Å². The van der Waals surface area contributed by atoms with Crippen LogP contribution in [0.3, 0.4) is 0 Å². The van der Waals surface area contributed by atoms with Gasteiger partial charge in [-0.15, -0.1) is 11.8 Å². The van der Waals surface area contributed by atoms with E-state index in [1.54, 1.807) is 17.3 Å². The third-order valence-corrected chi connectivity index (χ3v) is 9.73. The Hall–Kier alpha value is -3.37. The summed E-state index contributed by atoms with van der Waals surface area (Å²) in [4.78, 5) is 50.6. The van der Waals surface area contributed by atoms with Crippen LogP contribution in [0.5, 0.6) is 0 Å². The number of hydrogen-bond acceptors (Lipinski definition) is 6. The van der Waals surface area contributed by atoms with Gasteiger partial charge < -0.3 is 25.3 Å². The number of pyridine rings is 1. The van der Waals surface area contributed by atoms with E-state index in [1.807, 2.05) is 75.0 Å². The van der Waals surface area contributed by atoms with Gasteiger partial charge in [-0.05, 0) is 76.0 Å². The number of hydrogen-bond donors (Lipinski definition) is 2. The second kappa shape index (κ2) is 12.5. The lowest BCUT2D eigenvalue weighted by atomic mass is 9.87. The lowest BCUT2D eigenvalue weighted by Gasteiger charge is -2.46. The molecule has 226 valence electrons. The van der Waals surface area contributed by atoms with E-state index in [1.165, 1.54) is 11.8 Å². The molecule has 2 N–H and O–H groups in total. The molecule has 1 atom stereocenters. The second-order valence-corrected chi connectivity index (χ2v) is 14.2. The van der Waals surface area contributed by atoms with Crippen molar-refractivity contribution >= 4 is 35.3 Å². The Kier molecular flexibility index (Phi) is 9.37. The van der Waals surface area contributed by atoms with E-state index in [-0.39, 0.29) is 22.5 Å². The van der Waals surface area contributed by atoms with Crippen molar-refractivity contribution in [1.82, 2.24) is 25.0 Å². The van der Waals surface area contributed by atoms with E-state index < -0.39 is 11.6 Å². The number of piperazine rings is 1. The second-order valence-electron chi connectivity index (χ2n) is 12.9. The Balaban J connectivity index is 1.55. The zero-order valence-corrected chi connectivity index (χ0v) is 26.9. The van der Waals surface area contributed by atoms with Gasteiger partial charge in [0.15, 0.2) is 0 Å². The number of thioether (sulfide) groups is 1. The number of carbonyl (C=O) groups is 3. The largest absolute Gasteiger partial charge is 0.338 e. The molecule has 2 aromatic rings. The monoisotopic (exact) mass is 592 g/mol. The van der Waals surface area contributed by atoms with Crippen LogP contribution in [-0.4, -0.2) is 88.6 Å². The first-order valence-corrected chi connectivity index (χ1v) is 15.3. The summed E-state index contributed by atoms with van der Waals surface area (Å²) in [6.45, 7) is 14.4. The molecule has 9 nitrogen and oxygen atoms in total. The molecule has 1 aromatic heterocycles. The molecule has 0 aliphatic carbocycles. The van der Waals surface area contributed by atoms with Crippen LogP contribution < -0.4 is 10.6 Å². The molecule has 1 aromatic carbocycles. The Labute approximate surface area is 254 Å².